The summed E-state index contributed by atoms with van der Waals surface area (Å²) in [6.45, 7) is 7.79. The van der Waals surface area contributed by atoms with Crippen LogP contribution in [0.15, 0.2) is 22.7 Å². The molecule has 0 amide bonds. The summed E-state index contributed by atoms with van der Waals surface area (Å²) >= 11 is 0. The van der Waals surface area contributed by atoms with Crippen LogP contribution in [0.2, 0.25) is 0 Å². The van der Waals surface area contributed by atoms with Gasteiger partial charge in [-0.3, -0.25) is 4.79 Å². The first-order chi connectivity index (χ1) is 10.8. The monoisotopic (exact) mass is 317 g/mol. The molecule has 0 aliphatic heterocycles. The third kappa shape index (κ3) is 3.55. The van der Waals surface area contributed by atoms with Crippen molar-refractivity contribution in [1.82, 2.24) is 5.16 Å². The summed E-state index contributed by atoms with van der Waals surface area (Å²) in [5, 5.41) is 13.7. The zero-order chi connectivity index (χ0) is 17.1. The minimum Gasteiger partial charge on any atom is -0.496 e. The van der Waals surface area contributed by atoms with E-state index in [0.29, 0.717) is 29.4 Å². The minimum absolute atomic E-state index is 0.313. The van der Waals surface area contributed by atoms with Gasteiger partial charge in [0.15, 0.2) is 0 Å². The topological polar surface area (TPSA) is 72.6 Å². The Kier molecular flexibility index (Phi) is 5.08. The molecule has 0 aliphatic carbocycles. The van der Waals surface area contributed by atoms with E-state index in [1.165, 1.54) is 0 Å². The van der Waals surface area contributed by atoms with E-state index in [1.807, 2.05) is 25.1 Å². The largest absolute Gasteiger partial charge is 0.496 e. The van der Waals surface area contributed by atoms with Gasteiger partial charge in [-0.2, -0.15) is 0 Å². The van der Waals surface area contributed by atoms with Crippen molar-refractivity contribution in [3.05, 3.63) is 46.3 Å². The highest BCUT2D eigenvalue weighted by molar-refractivity contribution is 5.78. The quantitative estimate of drug-likeness (QED) is 0.876. The lowest BCUT2D eigenvalue weighted by Gasteiger charge is -2.18. The van der Waals surface area contributed by atoms with Crippen molar-refractivity contribution in [3.63, 3.8) is 0 Å². The molecule has 5 heteroatoms. The predicted octanol–water partition coefficient (Wildman–Crippen LogP) is 3.83. The van der Waals surface area contributed by atoms with Crippen molar-refractivity contribution >= 4 is 5.97 Å². The Labute approximate surface area is 136 Å². The van der Waals surface area contributed by atoms with Gasteiger partial charge in [0.05, 0.1) is 18.7 Å². The van der Waals surface area contributed by atoms with Crippen LogP contribution >= 0.6 is 0 Å². The zero-order valence-corrected chi connectivity index (χ0v) is 14.2. The van der Waals surface area contributed by atoms with Crippen molar-refractivity contribution in [2.24, 2.45) is 0 Å². The number of carbonyl (C=O) groups is 1. The predicted molar refractivity (Wildman–Crippen MR) is 87.1 cm³/mol. The Hall–Kier alpha value is -2.30. The molecule has 2 rings (SSSR count). The van der Waals surface area contributed by atoms with Gasteiger partial charge in [0.2, 0.25) is 0 Å². The fourth-order valence-electron chi connectivity index (χ4n) is 2.71. The van der Waals surface area contributed by atoms with Crippen LogP contribution in [0.5, 0.6) is 5.75 Å². The minimum atomic E-state index is -0.885. The lowest BCUT2D eigenvalue weighted by atomic mass is 9.88. The number of methoxy groups -OCH3 is 1. The second-order valence-corrected chi connectivity index (χ2v) is 6.05. The van der Waals surface area contributed by atoms with E-state index in [4.69, 9.17) is 9.26 Å². The maximum atomic E-state index is 11.9. The first kappa shape index (κ1) is 17.1. The number of nitrogens with zero attached hydrogens (tertiary/aromatic N) is 1. The number of rotatable bonds is 6. The Balaban J connectivity index is 2.49. The van der Waals surface area contributed by atoms with Gasteiger partial charge in [-0.15, -0.1) is 0 Å². The molecule has 5 nitrogen and oxygen atoms in total. The van der Waals surface area contributed by atoms with Crippen LogP contribution in [0.25, 0.3) is 0 Å². The van der Waals surface area contributed by atoms with Gasteiger partial charge in [-0.05, 0) is 37.8 Å². The highest BCUT2D eigenvalue weighted by Gasteiger charge is 2.27. The molecule has 1 heterocycles. The number of carboxylic acids is 1. The second kappa shape index (κ2) is 6.86. The Morgan fingerprint density at radius 1 is 1.35 bits per heavy atom. The molecule has 0 saturated carbocycles. The number of ether oxygens (including phenoxy) is 1. The van der Waals surface area contributed by atoms with Crippen molar-refractivity contribution in [3.8, 4) is 5.75 Å². The first-order valence-electron chi connectivity index (χ1n) is 7.67. The van der Waals surface area contributed by atoms with E-state index >= 15 is 0 Å². The summed E-state index contributed by atoms with van der Waals surface area (Å²) in [4.78, 5) is 11.9. The van der Waals surface area contributed by atoms with Crippen molar-refractivity contribution in [1.29, 1.82) is 0 Å². The van der Waals surface area contributed by atoms with Gasteiger partial charge in [0.1, 0.15) is 11.5 Å². The van der Waals surface area contributed by atoms with Crippen molar-refractivity contribution in [2.75, 3.05) is 7.11 Å². The number of aromatic nitrogens is 1. The SMILES string of the molecule is COc1ccc(C(C)C)cc1C(Cc1c(C)noc1C)C(=O)O. The average Bonchev–Trinajstić information content (AvgIpc) is 2.82. The number of hydrogen-bond acceptors (Lipinski definition) is 4. The van der Waals surface area contributed by atoms with E-state index in [1.54, 1.807) is 14.0 Å². The molecular weight excluding hydrogens is 294 g/mol. The van der Waals surface area contributed by atoms with E-state index < -0.39 is 11.9 Å². The molecule has 1 aromatic heterocycles. The van der Waals surface area contributed by atoms with E-state index in [0.717, 1.165) is 16.8 Å². The normalized spacial score (nSPS) is 12.4. The molecule has 1 N–H and O–H groups in total. The number of carboxylic acid groups (broad SMARTS) is 1. The molecule has 0 spiro atoms. The molecule has 1 atom stereocenters. The fourth-order valence-corrected chi connectivity index (χ4v) is 2.71. The molecule has 0 bridgehead atoms. The van der Waals surface area contributed by atoms with Gasteiger partial charge in [-0.25, -0.2) is 0 Å². The van der Waals surface area contributed by atoms with Crippen LogP contribution < -0.4 is 4.74 Å². The highest BCUT2D eigenvalue weighted by atomic mass is 16.5. The van der Waals surface area contributed by atoms with E-state index in [-0.39, 0.29) is 0 Å². The summed E-state index contributed by atoms with van der Waals surface area (Å²) in [7, 11) is 1.56. The molecule has 1 unspecified atom stereocenters. The van der Waals surface area contributed by atoms with Gasteiger partial charge >= 0.3 is 5.97 Å². The molecule has 124 valence electrons. The summed E-state index contributed by atoms with van der Waals surface area (Å²) in [5.74, 6) is -0.0286. The summed E-state index contributed by atoms with van der Waals surface area (Å²) in [6, 6.07) is 5.75. The molecule has 1 aromatic carbocycles. The fraction of sp³-hybridized carbons (Fsp3) is 0.444. The average molecular weight is 317 g/mol. The van der Waals surface area contributed by atoms with Crippen molar-refractivity contribution in [2.45, 2.75) is 46.0 Å². The van der Waals surface area contributed by atoms with Crippen LogP contribution in [0.1, 0.15) is 53.8 Å². The van der Waals surface area contributed by atoms with Gasteiger partial charge in [-0.1, -0.05) is 31.1 Å². The van der Waals surface area contributed by atoms with Gasteiger partial charge in [0, 0.05) is 11.1 Å². The Morgan fingerprint density at radius 2 is 2.04 bits per heavy atom. The number of benzene rings is 1. The van der Waals surface area contributed by atoms with Gasteiger partial charge < -0.3 is 14.4 Å². The molecular formula is C18H23NO4. The Morgan fingerprint density at radius 3 is 2.52 bits per heavy atom. The summed E-state index contributed by atoms with van der Waals surface area (Å²) < 4.78 is 10.5. The van der Waals surface area contributed by atoms with E-state index in [9.17, 15) is 9.90 Å². The Bertz CT molecular complexity index is 684. The molecule has 0 radical (unpaired) electrons. The molecule has 0 saturated heterocycles. The molecule has 2 aromatic rings. The standard InChI is InChI=1S/C18H23NO4/c1-10(2)13-6-7-17(22-5)15(8-13)16(18(20)21)9-14-11(3)19-23-12(14)4/h6-8,10,16H,9H2,1-5H3,(H,20,21). The third-order valence-electron chi connectivity index (χ3n) is 4.18. The van der Waals surface area contributed by atoms with Gasteiger partial charge in [0.25, 0.3) is 0 Å². The number of aryl methyl sites for hydroxylation is 2. The lowest BCUT2D eigenvalue weighted by Crippen LogP contribution is -2.16. The summed E-state index contributed by atoms with van der Waals surface area (Å²) in [5.41, 5.74) is 3.35. The van der Waals surface area contributed by atoms with Crippen LogP contribution in [0.3, 0.4) is 0 Å². The first-order valence-corrected chi connectivity index (χ1v) is 7.67. The third-order valence-corrected chi connectivity index (χ3v) is 4.18. The molecule has 23 heavy (non-hydrogen) atoms. The zero-order valence-electron chi connectivity index (χ0n) is 14.2. The summed E-state index contributed by atoms with van der Waals surface area (Å²) in [6.07, 6.45) is 0.328. The van der Waals surface area contributed by atoms with Crippen molar-refractivity contribution < 1.29 is 19.2 Å². The number of hydrogen-bond donors (Lipinski definition) is 1. The highest BCUT2D eigenvalue weighted by Crippen LogP contribution is 2.33. The van der Waals surface area contributed by atoms with Crippen LogP contribution in [-0.2, 0) is 11.2 Å². The van der Waals surface area contributed by atoms with Crippen LogP contribution in [0, 0.1) is 13.8 Å². The van der Waals surface area contributed by atoms with Crippen LogP contribution in [0.4, 0.5) is 0 Å². The number of aliphatic carboxylic acids is 1. The molecule has 0 fully saturated rings. The smallest absolute Gasteiger partial charge is 0.311 e. The van der Waals surface area contributed by atoms with Crippen LogP contribution in [-0.4, -0.2) is 23.3 Å². The molecule has 0 aliphatic rings. The lowest BCUT2D eigenvalue weighted by molar-refractivity contribution is -0.138. The van der Waals surface area contributed by atoms with E-state index in [2.05, 4.69) is 19.0 Å². The second-order valence-electron chi connectivity index (χ2n) is 6.05. The maximum absolute atomic E-state index is 11.9. The maximum Gasteiger partial charge on any atom is 0.311 e.